The second kappa shape index (κ2) is 6.81. The number of nitro groups is 1. The zero-order valence-electron chi connectivity index (χ0n) is 15.6. The molecule has 2 atom stereocenters. The van der Waals surface area contributed by atoms with E-state index in [-0.39, 0.29) is 11.1 Å². The summed E-state index contributed by atoms with van der Waals surface area (Å²) in [5.74, 6) is -2.61. The smallest absolute Gasteiger partial charge is 0.282 e. The number of fused-ring (bicyclic) bond motifs is 1. The molecule has 3 aromatic rings. The van der Waals surface area contributed by atoms with E-state index in [1.165, 1.54) is 52.6 Å². The number of carbonyl (C=O) groups is 3. The Balaban J connectivity index is 1.58. The van der Waals surface area contributed by atoms with E-state index in [1.807, 2.05) is 0 Å². The topological polar surface area (TPSA) is 101 Å². The van der Waals surface area contributed by atoms with Gasteiger partial charge in [0.2, 0.25) is 0 Å². The van der Waals surface area contributed by atoms with Crippen molar-refractivity contribution in [2.45, 2.75) is 12.1 Å². The molecule has 2 unspecified atom stereocenters. The summed E-state index contributed by atoms with van der Waals surface area (Å²) in [6.45, 7) is 0. The van der Waals surface area contributed by atoms with Gasteiger partial charge in [-0.25, -0.2) is 4.39 Å². The van der Waals surface area contributed by atoms with Gasteiger partial charge in [0.1, 0.15) is 23.5 Å². The van der Waals surface area contributed by atoms with E-state index in [4.69, 9.17) is 0 Å². The van der Waals surface area contributed by atoms with Crippen molar-refractivity contribution in [1.82, 2.24) is 4.90 Å². The van der Waals surface area contributed by atoms with Crippen LogP contribution in [0.4, 0.5) is 15.8 Å². The molecule has 1 aromatic heterocycles. The van der Waals surface area contributed by atoms with Gasteiger partial charge in [0.15, 0.2) is 0 Å². The van der Waals surface area contributed by atoms with Crippen molar-refractivity contribution < 1.29 is 23.7 Å². The van der Waals surface area contributed by atoms with Gasteiger partial charge in [-0.2, -0.15) is 0 Å². The highest BCUT2D eigenvalue weighted by molar-refractivity contribution is 7.10. The van der Waals surface area contributed by atoms with Gasteiger partial charge in [0.05, 0.1) is 10.5 Å². The summed E-state index contributed by atoms with van der Waals surface area (Å²) in [5, 5.41) is 13.2. The van der Waals surface area contributed by atoms with Gasteiger partial charge in [-0.1, -0.05) is 12.1 Å². The molecule has 3 amide bonds. The quantitative estimate of drug-likeness (QED) is 0.269. The van der Waals surface area contributed by atoms with E-state index in [2.05, 4.69) is 0 Å². The fraction of sp³-hybridized carbons (Fsp3) is 0.0952. The number of β-lactam (4-membered cyclic amide) rings is 1. The molecule has 5 rings (SSSR count). The maximum Gasteiger partial charge on any atom is 0.282 e. The van der Waals surface area contributed by atoms with E-state index in [1.54, 1.807) is 17.5 Å². The number of benzene rings is 2. The molecule has 1 saturated heterocycles. The van der Waals surface area contributed by atoms with Crippen LogP contribution < -0.4 is 4.90 Å². The Kier molecular flexibility index (Phi) is 4.19. The van der Waals surface area contributed by atoms with Gasteiger partial charge in [-0.15, -0.1) is 11.3 Å². The van der Waals surface area contributed by atoms with Crippen molar-refractivity contribution >= 4 is 40.4 Å². The summed E-state index contributed by atoms with van der Waals surface area (Å²) in [7, 11) is 0. The first-order chi connectivity index (χ1) is 14.9. The number of nitrogens with zero attached hydrogens (tertiary/aromatic N) is 3. The van der Waals surface area contributed by atoms with Crippen LogP contribution in [0.1, 0.15) is 31.6 Å². The Morgan fingerprint density at radius 1 is 0.903 bits per heavy atom. The average molecular weight is 437 g/mol. The lowest BCUT2D eigenvalue weighted by Gasteiger charge is -2.49. The molecule has 2 aliphatic rings. The molecule has 3 heterocycles. The molecule has 2 aliphatic heterocycles. The Morgan fingerprint density at radius 3 is 2.29 bits per heavy atom. The lowest BCUT2D eigenvalue weighted by atomic mass is 9.90. The van der Waals surface area contributed by atoms with Gasteiger partial charge in [0, 0.05) is 16.6 Å². The molecule has 0 spiro atoms. The highest BCUT2D eigenvalue weighted by atomic mass is 32.1. The minimum absolute atomic E-state index is 0.0999. The fourth-order valence-electron chi connectivity index (χ4n) is 4.05. The minimum atomic E-state index is -1.16. The molecule has 0 N–H and O–H groups in total. The Hall–Kier alpha value is -3.92. The van der Waals surface area contributed by atoms with Crippen molar-refractivity contribution in [3.05, 3.63) is 91.9 Å². The lowest BCUT2D eigenvalue weighted by molar-refractivity contribution is -0.385. The van der Waals surface area contributed by atoms with Crippen molar-refractivity contribution in [3.8, 4) is 0 Å². The third-order valence-electron chi connectivity index (χ3n) is 5.41. The molecule has 0 bridgehead atoms. The summed E-state index contributed by atoms with van der Waals surface area (Å²) >= 11 is 1.34. The number of carbonyl (C=O) groups excluding carboxylic acids is 3. The van der Waals surface area contributed by atoms with Gasteiger partial charge >= 0.3 is 0 Å². The zero-order valence-corrected chi connectivity index (χ0v) is 16.4. The van der Waals surface area contributed by atoms with Crippen molar-refractivity contribution in [1.29, 1.82) is 0 Å². The second-order valence-corrected chi connectivity index (χ2v) is 8.01. The maximum absolute atomic E-state index is 13.4. The summed E-state index contributed by atoms with van der Waals surface area (Å²) in [6.07, 6.45) is 0. The van der Waals surface area contributed by atoms with E-state index < -0.39 is 46.2 Å². The lowest BCUT2D eigenvalue weighted by Crippen LogP contribution is -2.67. The third kappa shape index (κ3) is 2.68. The predicted octanol–water partition coefficient (Wildman–Crippen LogP) is 3.55. The first-order valence-electron chi connectivity index (χ1n) is 9.17. The maximum atomic E-state index is 13.4. The van der Waals surface area contributed by atoms with E-state index in [0.717, 1.165) is 15.8 Å². The molecule has 0 saturated carbocycles. The third-order valence-corrected chi connectivity index (χ3v) is 6.35. The molecular formula is C21H12FN3O5S. The van der Waals surface area contributed by atoms with Crippen LogP contribution in [0.2, 0.25) is 0 Å². The first kappa shape index (κ1) is 19.1. The highest BCUT2D eigenvalue weighted by Gasteiger charge is 2.58. The molecule has 0 aliphatic carbocycles. The zero-order chi connectivity index (χ0) is 21.9. The van der Waals surface area contributed by atoms with Crippen molar-refractivity contribution in [3.63, 3.8) is 0 Å². The molecule has 2 aromatic carbocycles. The normalized spacial score (nSPS) is 20.1. The summed E-state index contributed by atoms with van der Waals surface area (Å²) in [5.41, 5.74) is -0.468. The summed E-state index contributed by atoms with van der Waals surface area (Å²) in [4.78, 5) is 52.9. The fourth-order valence-corrected chi connectivity index (χ4v) is 4.89. The Bertz CT molecular complexity index is 1260. The molecular weight excluding hydrogens is 425 g/mol. The molecule has 154 valence electrons. The van der Waals surface area contributed by atoms with E-state index >= 15 is 0 Å². The molecule has 31 heavy (non-hydrogen) atoms. The van der Waals surface area contributed by atoms with Crippen LogP contribution in [0.5, 0.6) is 0 Å². The molecule has 0 radical (unpaired) electrons. The Morgan fingerprint density at radius 2 is 1.65 bits per heavy atom. The number of halogens is 1. The summed E-state index contributed by atoms with van der Waals surface area (Å²) < 4.78 is 13.4. The van der Waals surface area contributed by atoms with Crippen molar-refractivity contribution in [2.24, 2.45) is 0 Å². The van der Waals surface area contributed by atoms with Gasteiger partial charge in [0.25, 0.3) is 23.4 Å². The number of nitro benzene ring substituents is 1. The van der Waals surface area contributed by atoms with Crippen LogP contribution >= 0.6 is 11.3 Å². The molecule has 8 nitrogen and oxygen atoms in total. The monoisotopic (exact) mass is 437 g/mol. The predicted molar refractivity (Wildman–Crippen MR) is 108 cm³/mol. The molecule has 1 fully saturated rings. The second-order valence-electron chi connectivity index (χ2n) is 7.03. The van der Waals surface area contributed by atoms with Crippen LogP contribution in [0.3, 0.4) is 0 Å². The number of anilines is 1. The number of hydrogen-bond donors (Lipinski definition) is 0. The van der Waals surface area contributed by atoms with E-state index in [9.17, 15) is 28.9 Å². The van der Waals surface area contributed by atoms with Crippen LogP contribution in [-0.4, -0.2) is 33.6 Å². The van der Waals surface area contributed by atoms with Crippen LogP contribution in [0.15, 0.2) is 60.0 Å². The Labute approximate surface area is 178 Å². The SMILES string of the molecule is O=C1c2cccc([N+](=O)[O-])c2C(=O)N1C1C(=O)N(c2ccc(F)cc2)C1c1cccs1. The number of hydrogen-bond acceptors (Lipinski definition) is 6. The average Bonchev–Trinajstić information content (AvgIpc) is 3.36. The summed E-state index contributed by atoms with van der Waals surface area (Å²) in [6, 6.07) is 10.8. The standard InChI is InChI=1S/C21H12FN3O5S/c22-11-6-8-12(9-7-11)23-17(15-5-2-10-31-15)18(21(23)28)24-19(26)13-3-1-4-14(25(29)30)16(13)20(24)27/h1-10,17-18H. The van der Waals surface area contributed by atoms with Gasteiger partial charge in [-0.05, 0) is 41.8 Å². The first-order valence-corrected chi connectivity index (χ1v) is 10.1. The number of amides is 3. The minimum Gasteiger partial charge on any atom is -0.300 e. The number of thiophene rings is 1. The largest absolute Gasteiger partial charge is 0.300 e. The molecule has 10 heteroatoms. The van der Waals surface area contributed by atoms with Crippen molar-refractivity contribution in [2.75, 3.05) is 4.90 Å². The van der Waals surface area contributed by atoms with Crippen LogP contribution in [0, 0.1) is 15.9 Å². The van der Waals surface area contributed by atoms with Crippen LogP contribution in [-0.2, 0) is 4.79 Å². The van der Waals surface area contributed by atoms with E-state index in [0.29, 0.717) is 5.69 Å². The highest BCUT2D eigenvalue weighted by Crippen LogP contribution is 2.46. The van der Waals surface area contributed by atoms with Gasteiger partial charge in [-0.3, -0.25) is 34.3 Å². The van der Waals surface area contributed by atoms with Gasteiger partial charge < -0.3 is 0 Å². The number of rotatable bonds is 4. The number of imide groups is 1. The van der Waals surface area contributed by atoms with Crippen LogP contribution in [0.25, 0.3) is 0 Å².